The van der Waals surface area contributed by atoms with Crippen LogP contribution in [-0.2, 0) is 9.59 Å². The number of carbonyl (C=O) groups excluding carboxylic acids is 2. The quantitative estimate of drug-likeness (QED) is 0.705. The largest absolute Gasteiger partial charge is 0.343 e. The molecule has 0 aromatic carbocycles. The van der Waals surface area contributed by atoms with E-state index >= 15 is 0 Å². The zero-order valence-corrected chi connectivity index (χ0v) is 9.66. The van der Waals surface area contributed by atoms with Crippen LogP contribution in [0.1, 0.15) is 32.6 Å². The highest BCUT2D eigenvalue weighted by Gasteiger charge is 2.32. The first kappa shape index (κ1) is 12.6. The molecule has 1 unspecified atom stereocenters. The highest BCUT2D eigenvalue weighted by Crippen LogP contribution is 2.18. The molecule has 0 bridgehead atoms. The average Bonchev–Trinajstić information content (AvgIpc) is 2.75. The van der Waals surface area contributed by atoms with E-state index < -0.39 is 0 Å². The summed E-state index contributed by atoms with van der Waals surface area (Å²) in [4.78, 5) is 25.1. The fraction of sp³-hybridized carbons (Fsp3) is 0.667. The number of nitrogens with one attached hydrogen (secondary N) is 1. The molecule has 1 fully saturated rings. The lowest BCUT2D eigenvalue weighted by Crippen LogP contribution is -2.45. The molecule has 0 aromatic heterocycles. The Bertz CT molecular complexity index is 307. The highest BCUT2D eigenvalue weighted by molar-refractivity contribution is 5.88. The van der Waals surface area contributed by atoms with Crippen molar-refractivity contribution in [3.8, 4) is 12.3 Å². The predicted octanol–water partition coefficient (Wildman–Crippen LogP) is 0.527. The maximum Gasteiger partial charge on any atom is 0.243 e. The Kier molecular flexibility index (Phi) is 4.84. The van der Waals surface area contributed by atoms with Gasteiger partial charge in [-0.25, -0.2) is 0 Å². The van der Waals surface area contributed by atoms with Crippen LogP contribution < -0.4 is 5.32 Å². The van der Waals surface area contributed by atoms with Gasteiger partial charge in [-0.05, 0) is 19.3 Å². The summed E-state index contributed by atoms with van der Waals surface area (Å²) in [5.74, 6) is 2.30. The summed E-state index contributed by atoms with van der Waals surface area (Å²) in [5.41, 5.74) is 0. The van der Waals surface area contributed by atoms with E-state index in [9.17, 15) is 9.59 Å². The summed E-state index contributed by atoms with van der Waals surface area (Å²) in [6, 6.07) is -0.313. The van der Waals surface area contributed by atoms with Gasteiger partial charge in [0.1, 0.15) is 6.04 Å². The number of hydrogen-bond donors (Lipinski definition) is 1. The lowest BCUT2D eigenvalue weighted by atomic mass is 10.2. The lowest BCUT2D eigenvalue weighted by Gasteiger charge is -2.23. The maximum atomic E-state index is 11.7. The summed E-state index contributed by atoms with van der Waals surface area (Å²) in [6.07, 6.45) is 8.03. The molecule has 0 radical (unpaired) electrons. The zero-order chi connectivity index (χ0) is 12.0. The Balaban J connectivity index is 2.55. The molecular formula is C12H18N2O2. The Morgan fingerprint density at radius 1 is 1.56 bits per heavy atom. The van der Waals surface area contributed by atoms with Crippen LogP contribution in [0.3, 0.4) is 0 Å². The van der Waals surface area contributed by atoms with Crippen molar-refractivity contribution in [1.82, 2.24) is 10.2 Å². The second kappa shape index (κ2) is 6.16. The predicted molar refractivity (Wildman–Crippen MR) is 61.5 cm³/mol. The molecule has 1 heterocycles. The smallest absolute Gasteiger partial charge is 0.243 e. The van der Waals surface area contributed by atoms with E-state index in [-0.39, 0.29) is 24.4 Å². The molecule has 0 saturated carbocycles. The van der Waals surface area contributed by atoms with Gasteiger partial charge < -0.3 is 10.2 Å². The molecule has 1 saturated heterocycles. The molecule has 0 aromatic rings. The molecule has 16 heavy (non-hydrogen) atoms. The summed E-state index contributed by atoms with van der Waals surface area (Å²) >= 11 is 0. The summed E-state index contributed by atoms with van der Waals surface area (Å²) in [6.45, 7) is 2.87. The highest BCUT2D eigenvalue weighted by atomic mass is 16.2. The SMILES string of the molecule is C#CCNC(=O)C1CCCN1C(=O)CCC. The molecule has 1 rings (SSSR count). The van der Waals surface area contributed by atoms with E-state index in [1.165, 1.54) is 0 Å². The van der Waals surface area contributed by atoms with E-state index in [4.69, 9.17) is 6.42 Å². The van der Waals surface area contributed by atoms with Crippen LogP contribution in [0.25, 0.3) is 0 Å². The van der Waals surface area contributed by atoms with Gasteiger partial charge in [0.15, 0.2) is 0 Å². The lowest BCUT2D eigenvalue weighted by molar-refractivity contribution is -0.138. The van der Waals surface area contributed by atoms with Gasteiger partial charge >= 0.3 is 0 Å². The Hall–Kier alpha value is -1.50. The van der Waals surface area contributed by atoms with E-state index in [0.29, 0.717) is 13.0 Å². The van der Waals surface area contributed by atoms with Crippen molar-refractivity contribution in [2.45, 2.75) is 38.6 Å². The van der Waals surface area contributed by atoms with Crippen LogP contribution in [0.2, 0.25) is 0 Å². The average molecular weight is 222 g/mol. The number of hydrogen-bond acceptors (Lipinski definition) is 2. The van der Waals surface area contributed by atoms with Crippen molar-refractivity contribution in [2.24, 2.45) is 0 Å². The first-order valence-electron chi connectivity index (χ1n) is 5.71. The normalized spacial score (nSPS) is 19.2. The van der Waals surface area contributed by atoms with Gasteiger partial charge in [0.25, 0.3) is 0 Å². The van der Waals surface area contributed by atoms with Gasteiger partial charge in [-0.2, -0.15) is 0 Å². The molecule has 1 aliphatic rings. The van der Waals surface area contributed by atoms with Gasteiger partial charge in [-0.1, -0.05) is 12.8 Å². The van der Waals surface area contributed by atoms with Gasteiger partial charge in [0, 0.05) is 13.0 Å². The summed E-state index contributed by atoms with van der Waals surface area (Å²) in [7, 11) is 0. The fourth-order valence-corrected chi connectivity index (χ4v) is 1.95. The minimum Gasteiger partial charge on any atom is -0.343 e. The minimum absolute atomic E-state index is 0.0702. The number of nitrogens with zero attached hydrogens (tertiary/aromatic N) is 1. The first-order chi connectivity index (χ1) is 7.70. The third-order valence-corrected chi connectivity index (χ3v) is 2.70. The Morgan fingerprint density at radius 2 is 2.31 bits per heavy atom. The Labute approximate surface area is 96.4 Å². The van der Waals surface area contributed by atoms with Crippen LogP contribution >= 0.6 is 0 Å². The molecule has 4 nitrogen and oxygen atoms in total. The second-order valence-corrected chi connectivity index (χ2v) is 3.92. The molecule has 0 aliphatic carbocycles. The molecule has 4 heteroatoms. The van der Waals surface area contributed by atoms with Crippen molar-refractivity contribution in [3.63, 3.8) is 0 Å². The van der Waals surface area contributed by atoms with Crippen molar-refractivity contribution < 1.29 is 9.59 Å². The summed E-state index contributed by atoms with van der Waals surface area (Å²) in [5, 5.41) is 2.63. The van der Waals surface area contributed by atoms with Gasteiger partial charge in [0.2, 0.25) is 11.8 Å². The zero-order valence-electron chi connectivity index (χ0n) is 9.66. The van der Waals surface area contributed by atoms with Crippen LogP contribution in [0.4, 0.5) is 0 Å². The van der Waals surface area contributed by atoms with Crippen molar-refractivity contribution >= 4 is 11.8 Å². The molecule has 1 aliphatic heterocycles. The van der Waals surface area contributed by atoms with Crippen LogP contribution in [-0.4, -0.2) is 35.8 Å². The maximum absolute atomic E-state index is 11.7. The third kappa shape index (κ3) is 2.99. The molecule has 1 atom stereocenters. The van der Waals surface area contributed by atoms with Crippen LogP contribution in [0, 0.1) is 12.3 Å². The third-order valence-electron chi connectivity index (χ3n) is 2.70. The van der Waals surface area contributed by atoms with E-state index in [2.05, 4.69) is 11.2 Å². The van der Waals surface area contributed by atoms with E-state index in [0.717, 1.165) is 19.3 Å². The van der Waals surface area contributed by atoms with Gasteiger partial charge in [-0.15, -0.1) is 6.42 Å². The van der Waals surface area contributed by atoms with E-state index in [1.807, 2.05) is 6.92 Å². The number of carbonyl (C=O) groups is 2. The van der Waals surface area contributed by atoms with Crippen molar-refractivity contribution in [1.29, 1.82) is 0 Å². The fourth-order valence-electron chi connectivity index (χ4n) is 1.95. The van der Waals surface area contributed by atoms with Crippen LogP contribution in [0.5, 0.6) is 0 Å². The monoisotopic (exact) mass is 222 g/mol. The van der Waals surface area contributed by atoms with Crippen molar-refractivity contribution in [3.05, 3.63) is 0 Å². The minimum atomic E-state index is -0.313. The van der Waals surface area contributed by atoms with Gasteiger partial charge in [0.05, 0.1) is 6.54 Å². The molecule has 2 amide bonds. The molecule has 88 valence electrons. The number of terminal acetylenes is 1. The summed E-state index contributed by atoms with van der Waals surface area (Å²) < 4.78 is 0. The number of likely N-dealkylation sites (tertiary alicyclic amines) is 1. The Morgan fingerprint density at radius 3 is 2.94 bits per heavy atom. The topological polar surface area (TPSA) is 49.4 Å². The number of amides is 2. The second-order valence-electron chi connectivity index (χ2n) is 3.92. The number of rotatable bonds is 4. The first-order valence-corrected chi connectivity index (χ1v) is 5.71. The van der Waals surface area contributed by atoms with Crippen LogP contribution in [0.15, 0.2) is 0 Å². The van der Waals surface area contributed by atoms with Crippen molar-refractivity contribution in [2.75, 3.05) is 13.1 Å². The molecule has 0 spiro atoms. The van der Waals surface area contributed by atoms with E-state index in [1.54, 1.807) is 4.90 Å². The van der Waals surface area contributed by atoms with Gasteiger partial charge in [-0.3, -0.25) is 9.59 Å². The molecule has 1 N–H and O–H groups in total. The molecular weight excluding hydrogens is 204 g/mol. The standard InChI is InChI=1S/C12H18N2O2/c1-3-6-11(15)14-9-5-7-10(14)12(16)13-8-4-2/h2,10H,3,5-9H2,1H3,(H,13,16).